The zero-order chi connectivity index (χ0) is 14.8. The van der Waals surface area contributed by atoms with Crippen LogP contribution in [0.5, 0.6) is 5.75 Å². The van der Waals surface area contributed by atoms with E-state index >= 15 is 0 Å². The molecule has 4 heteroatoms. The zero-order valence-electron chi connectivity index (χ0n) is 11.8. The number of hydrogen-bond donors (Lipinski definition) is 1. The molecule has 0 fully saturated rings. The van der Waals surface area contributed by atoms with Gasteiger partial charge in [0.05, 0.1) is 11.8 Å². The molecular weight excluding hydrogens is 266 g/mol. The standard InChI is InChI=1S/C17H17NO3/c1-12-7-8-15-14(11-12)16(19)9-10-18(15)17(20)21-13-5-3-2-4-6-13/h2-8,11,16,19H,9-10H2,1H3. The molecule has 3 rings (SSSR count). The summed E-state index contributed by atoms with van der Waals surface area (Å²) in [6.07, 6.45) is -0.431. The lowest BCUT2D eigenvalue weighted by atomic mass is 9.97. The highest BCUT2D eigenvalue weighted by molar-refractivity contribution is 5.90. The highest BCUT2D eigenvalue weighted by Crippen LogP contribution is 2.34. The second-order valence-corrected chi connectivity index (χ2v) is 5.20. The van der Waals surface area contributed by atoms with Crippen LogP contribution in [-0.2, 0) is 0 Å². The monoisotopic (exact) mass is 283 g/mol. The largest absolute Gasteiger partial charge is 0.419 e. The van der Waals surface area contributed by atoms with Crippen LogP contribution in [0.25, 0.3) is 0 Å². The number of carbonyl (C=O) groups excluding carboxylic acids is 1. The maximum Gasteiger partial charge on any atom is 0.419 e. The molecule has 21 heavy (non-hydrogen) atoms. The predicted octanol–water partition coefficient (Wildman–Crippen LogP) is 3.44. The predicted molar refractivity (Wildman–Crippen MR) is 80.6 cm³/mol. The molecular formula is C17H17NO3. The summed E-state index contributed by atoms with van der Waals surface area (Å²) in [6.45, 7) is 2.41. The first kappa shape index (κ1) is 13.6. The van der Waals surface area contributed by atoms with Gasteiger partial charge in [0.2, 0.25) is 0 Å². The Morgan fingerprint density at radius 2 is 2.00 bits per heavy atom. The Bertz CT molecular complexity index is 654. The van der Waals surface area contributed by atoms with Crippen LogP contribution in [0.1, 0.15) is 23.7 Å². The lowest BCUT2D eigenvalue weighted by molar-refractivity contribution is 0.161. The van der Waals surface area contributed by atoms with Crippen molar-refractivity contribution in [3.8, 4) is 5.75 Å². The van der Waals surface area contributed by atoms with Gasteiger partial charge in [-0.25, -0.2) is 4.79 Å². The molecule has 108 valence electrons. The summed E-state index contributed by atoms with van der Waals surface area (Å²) in [7, 11) is 0. The van der Waals surface area contributed by atoms with Gasteiger partial charge in [-0.15, -0.1) is 0 Å². The number of carbonyl (C=O) groups is 1. The second-order valence-electron chi connectivity index (χ2n) is 5.20. The van der Waals surface area contributed by atoms with Gasteiger partial charge >= 0.3 is 6.09 Å². The number of benzene rings is 2. The molecule has 0 saturated carbocycles. The molecule has 1 aliphatic heterocycles. The average molecular weight is 283 g/mol. The number of aliphatic hydroxyl groups excluding tert-OH is 1. The molecule has 0 spiro atoms. The molecule has 1 unspecified atom stereocenters. The van der Waals surface area contributed by atoms with E-state index in [9.17, 15) is 9.90 Å². The zero-order valence-corrected chi connectivity index (χ0v) is 11.8. The second kappa shape index (κ2) is 5.58. The number of fused-ring (bicyclic) bond motifs is 1. The number of nitrogens with zero attached hydrogens (tertiary/aromatic N) is 1. The van der Waals surface area contributed by atoms with E-state index < -0.39 is 12.2 Å². The normalized spacial score (nSPS) is 17.2. The number of para-hydroxylation sites is 1. The van der Waals surface area contributed by atoms with Crippen molar-refractivity contribution in [2.75, 3.05) is 11.4 Å². The molecule has 1 aliphatic rings. The summed E-state index contributed by atoms with van der Waals surface area (Å²) in [5.74, 6) is 0.516. The highest BCUT2D eigenvalue weighted by atomic mass is 16.6. The fraction of sp³-hybridized carbons (Fsp3) is 0.235. The first-order valence-corrected chi connectivity index (χ1v) is 6.98. The van der Waals surface area contributed by atoms with Crippen molar-refractivity contribution >= 4 is 11.8 Å². The molecule has 1 heterocycles. The Kier molecular flexibility index (Phi) is 3.62. The highest BCUT2D eigenvalue weighted by Gasteiger charge is 2.28. The van der Waals surface area contributed by atoms with E-state index in [1.165, 1.54) is 0 Å². The van der Waals surface area contributed by atoms with Crippen LogP contribution >= 0.6 is 0 Å². The number of ether oxygens (including phenoxy) is 1. The van der Waals surface area contributed by atoms with Gasteiger partial charge in [0.15, 0.2) is 0 Å². The molecule has 0 saturated heterocycles. The minimum atomic E-state index is -0.527. The van der Waals surface area contributed by atoms with Crippen LogP contribution < -0.4 is 9.64 Å². The van der Waals surface area contributed by atoms with Crippen LogP contribution in [0.2, 0.25) is 0 Å². The smallest absolute Gasteiger partial charge is 0.410 e. The molecule has 0 aromatic heterocycles. The third kappa shape index (κ3) is 2.76. The number of anilines is 1. The van der Waals surface area contributed by atoms with Gasteiger partial charge in [0.1, 0.15) is 5.75 Å². The topological polar surface area (TPSA) is 49.8 Å². The first-order chi connectivity index (χ1) is 10.1. The maximum atomic E-state index is 12.3. The molecule has 4 nitrogen and oxygen atoms in total. The van der Waals surface area contributed by atoms with Crippen LogP contribution in [0.3, 0.4) is 0 Å². The summed E-state index contributed by atoms with van der Waals surface area (Å²) in [5, 5.41) is 10.1. The van der Waals surface area contributed by atoms with Crippen molar-refractivity contribution in [1.82, 2.24) is 0 Å². The molecule has 1 N–H and O–H groups in total. The van der Waals surface area contributed by atoms with Crippen LogP contribution in [-0.4, -0.2) is 17.7 Å². The first-order valence-electron chi connectivity index (χ1n) is 6.98. The Morgan fingerprint density at radius 1 is 1.24 bits per heavy atom. The SMILES string of the molecule is Cc1ccc2c(c1)C(O)CCN2C(=O)Oc1ccccc1. The van der Waals surface area contributed by atoms with E-state index in [0.29, 0.717) is 18.7 Å². The van der Waals surface area contributed by atoms with E-state index in [4.69, 9.17) is 4.74 Å². The summed E-state index contributed by atoms with van der Waals surface area (Å²) in [6, 6.07) is 14.7. The molecule has 2 aromatic carbocycles. The Labute approximate surface area is 123 Å². The molecule has 0 radical (unpaired) electrons. The van der Waals surface area contributed by atoms with E-state index in [2.05, 4.69) is 0 Å². The molecule has 2 aromatic rings. The van der Waals surface area contributed by atoms with Crippen molar-refractivity contribution in [1.29, 1.82) is 0 Å². The maximum absolute atomic E-state index is 12.3. The lowest BCUT2D eigenvalue weighted by Crippen LogP contribution is -2.38. The Hall–Kier alpha value is -2.33. The van der Waals surface area contributed by atoms with Gasteiger partial charge in [0.25, 0.3) is 0 Å². The van der Waals surface area contributed by atoms with E-state index in [1.807, 2.05) is 43.3 Å². The summed E-state index contributed by atoms with van der Waals surface area (Å²) in [4.78, 5) is 13.9. The number of amides is 1. The third-order valence-corrected chi connectivity index (χ3v) is 3.63. The van der Waals surface area contributed by atoms with Crippen molar-refractivity contribution in [3.05, 3.63) is 59.7 Å². The molecule has 1 amide bonds. The van der Waals surface area contributed by atoms with E-state index in [-0.39, 0.29) is 0 Å². The Balaban J connectivity index is 1.87. The van der Waals surface area contributed by atoms with Crippen molar-refractivity contribution < 1.29 is 14.6 Å². The quantitative estimate of drug-likeness (QED) is 0.872. The minimum absolute atomic E-state index is 0.418. The Morgan fingerprint density at radius 3 is 2.76 bits per heavy atom. The van der Waals surface area contributed by atoms with E-state index in [0.717, 1.165) is 16.8 Å². The van der Waals surface area contributed by atoms with Gasteiger partial charge in [-0.05, 0) is 31.5 Å². The summed E-state index contributed by atoms with van der Waals surface area (Å²) in [5.41, 5.74) is 2.57. The van der Waals surface area contributed by atoms with Crippen LogP contribution in [0, 0.1) is 6.92 Å². The van der Waals surface area contributed by atoms with Crippen molar-refractivity contribution in [3.63, 3.8) is 0 Å². The van der Waals surface area contributed by atoms with Gasteiger partial charge < -0.3 is 9.84 Å². The van der Waals surface area contributed by atoms with Gasteiger partial charge in [-0.2, -0.15) is 0 Å². The average Bonchev–Trinajstić information content (AvgIpc) is 2.49. The molecule has 0 bridgehead atoms. The molecule has 1 atom stereocenters. The van der Waals surface area contributed by atoms with Crippen molar-refractivity contribution in [2.24, 2.45) is 0 Å². The lowest BCUT2D eigenvalue weighted by Gasteiger charge is -2.31. The van der Waals surface area contributed by atoms with Crippen LogP contribution in [0.15, 0.2) is 48.5 Å². The summed E-state index contributed by atoms with van der Waals surface area (Å²) >= 11 is 0. The van der Waals surface area contributed by atoms with Crippen LogP contribution in [0.4, 0.5) is 10.5 Å². The molecule has 0 aliphatic carbocycles. The van der Waals surface area contributed by atoms with Gasteiger partial charge in [-0.3, -0.25) is 4.90 Å². The van der Waals surface area contributed by atoms with Gasteiger partial charge in [0, 0.05) is 12.1 Å². The van der Waals surface area contributed by atoms with Crippen molar-refractivity contribution in [2.45, 2.75) is 19.4 Å². The number of rotatable bonds is 1. The number of hydrogen-bond acceptors (Lipinski definition) is 3. The minimum Gasteiger partial charge on any atom is -0.410 e. The van der Waals surface area contributed by atoms with E-state index in [1.54, 1.807) is 17.0 Å². The van der Waals surface area contributed by atoms with Gasteiger partial charge in [-0.1, -0.05) is 35.9 Å². The summed E-state index contributed by atoms with van der Waals surface area (Å²) < 4.78 is 5.38. The fourth-order valence-corrected chi connectivity index (χ4v) is 2.55. The number of aryl methyl sites for hydroxylation is 1. The number of aliphatic hydroxyl groups is 1. The third-order valence-electron chi connectivity index (χ3n) is 3.63. The fourth-order valence-electron chi connectivity index (χ4n) is 2.55.